The highest BCUT2D eigenvalue weighted by molar-refractivity contribution is 6.66. The van der Waals surface area contributed by atoms with Crippen molar-refractivity contribution in [2.45, 2.75) is 0 Å². The van der Waals surface area contributed by atoms with E-state index in [9.17, 15) is 11.4 Å². The molecule has 0 aliphatic heterocycles. The molecule has 0 bridgehead atoms. The zero-order valence-electron chi connectivity index (χ0n) is 32.5. The summed E-state index contributed by atoms with van der Waals surface area (Å²) in [5.74, 6) is 0. The molecule has 0 amide bonds. The minimum atomic E-state index is -2.57. The minimum absolute atomic E-state index is 0.448. The van der Waals surface area contributed by atoms with Gasteiger partial charge in [-0.05, 0) is 65.7 Å². The van der Waals surface area contributed by atoms with Gasteiger partial charge in [0.1, 0.15) is 0 Å². The first-order chi connectivity index (χ1) is 22.3. The number of benzene rings is 6. The van der Waals surface area contributed by atoms with Gasteiger partial charge in [-0.15, -0.1) is 0 Å². The van der Waals surface area contributed by atoms with Crippen LogP contribution in [-0.4, -0.2) is 17.2 Å². The predicted octanol–water partition coefficient (Wildman–Crippen LogP) is 5.65. The van der Waals surface area contributed by atoms with Gasteiger partial charge in [0.05, 0.1) is 23.3 Å². The fourth-order valence-corrected chi connectivity index (χ4v) is 3.82. The second kappa shape index (κ2) is 6.95. The Morgan fingerprint density at radius 3 is 1.55 bits per heavy atom. The van der Waals surface area contributed by atoms with Crippen LogP contribution in [0.2, 0.25) is 0 Å². The van der Waals surface area contributed by atoms with Crippen LogP contribution in [0, 0.1) is 0 Å². The average molecular weight is 415 g/mol. The highest BCUT2D eigenvalue weighted by atomic mass is 16.4. The average Bonchev–Trinajstić information content (AvgIpc) is 3.05. The Balaban J connectivity index is 2.19. The number of fused-ring (bicyclic) bond motifs is 5. The molecule has 0 spiro atoms. The van der Waals surface area contributed by atoms with E-state index in [2.05, 4.69) is 0 Å². The molecular formula is C28H19BO2. The molecule has 31 heavy (non-hydrogen) atoms. The van der Waals surface area contributed by atoms with E-state index >= 15 is 0 Å². The predicted molar refractivity (Wildman–Crippen MR) is 132 cm³/mol. The molecule has 146 valence electrons. The van der Waals surface area contributed by atoms with E-state index in [-0.39, 0.29) is 0 Å². The molecule has 0 heterocycles. The number of hydrogen-bond donors (Lipinski definition) is 2. The summed E-state index contributed by atoms with van der Waals surface area (Å²) in [4.78, 5) is 0. The van der Waals surface area contributed by atoms with Crippen molar-refractivity contribution in [3.8, 4) is 11.1 Å². The lowest BCUT2D eigenvalue weighted by Crippen LogP contribution is -2.31. The lowest BCUT2D eigenvalue weighted by molar-refractivity contribution is 0.426. The standard InChI is InChI=1S/C28H19BO2/c30-29(31)28-24-15-7-5-13-22(24)27(23-14-6-8-16-25(23)28)26-17-18-9-1-2-10-19(18)20-11-3-4-12-21(20)26/h1-17,30-31H/i1D,2D,3D,4D,5D,6D,7D,8D,9D,10D,11D,12D,13D,14D,15D,16D,17D. The fraction of sp³-hybridized carbons (Fsp3) is 0. The Labute approximate surface area is 204 Å². The molecule has 0 aromatic heterocycles. The van der Waals surface area contributed by atoms with E-state index in [1.165, 1.54) is 0 Å². The first-order valence-corrected chi connectivity index (χ1v) is 9.06. The molecule has 6 aromatic rings. The normalized spacial score (nSPS) is 19.2. The summed E-state index contributed by atoms with van der Waals surface area (Å²) in [5.41, 5.74) is -1.89. The maximum Gasteiger partial charge on any atom is 0.489 e. The molecule has 0 atom stereocenters. The number of hydrogen-bond acceptors (Lipinski definition) is 2. The van der Waals surface area contributed by atoms with Crippen molar-refractivity contribution in [3.63, 3.8) is 0 Å². The fourth-order valence-electron chi connectivity index (χ4n) is 3.82. The maximum atomic E-state index is 10.6. The lowest BCUT2D eigenvalue weighted by Gasteiger charge is -2.19. The molecule has 0 fully saturated rings. The van der Waals surface area contributed by atoms with Crippen LogP contribution in [0.3, 0.4) is 0 Å². The molecular weight excluding hydrogens is 379 g/mol. The molecule has 2 nitrogen and oxygen atoms in total. The van der Waals surface area contributed by atoms with Crippen molar-refractivity contribution in [3.05, 3.63) is 103 Å². The summed E-state index contributed by atoms with van der Waals surface area (Å²) in [5, 5.41) is 16.8. The largest absolute Gasteiger partial charge is 0.489 e. The summed E-state index contributed by atoms with van der Waals surface area (Å²) >= 11 is 0. The summed E-state index contributed by atoms with van der Waals surface area (Å²) in [7, 11) is -2.57. The lowest BCUT2D eigenvalue weighted by atomic mass is 9.72. The molecule has 0 saturated carbocycles. The molecule has 0 aliphatic carbocycles. The van der Waals surface area contributed by atoms with E-state index in [1.807, 2.05) is 0 Å². The van der Waals surface area contributed by atoms with Gasteiger partial charge in [-0.3, -0.25) is 0 Å². The first kappa shape index (κ1) is 7.79. The van der Waals surface area contributed by atoms with Crippen LogP contribution in [-0.2, 0) is 0 Å². The topological polar surface area (TPSA) is 40.5 Å². The van der Waals surface area contributed by atoms with Gasteiger partial charge in [0.25, 0.3) is 0 Å². The summed E-state index contributed by atoms with van der Waals surface area (Å²) < 4.78 is 147. The third kappa shape index (κ3) is 2.68. The molecule has 6 rings (SSSR count). The molecule has 3 heteroatoms. The van der Waals surface area contributed by atoms with Gasteiger partial charge in [-0.25, -0.2) is 0 Å². The van der Waals surface area contributed by atoms with Crippen molar-refractivity contribution in [1.82, 2.24) is 0 Å². The first-order valence-electron chi connectivity index (χ1n) is 17.6. The Kier molecular flexibility index (Phi) is 1.75. The van der Waals surface area contributed by atoms with Gasteiger partial charge >= 0.3 is 7.12 Å². The Hall–Kier alpha value is -3.66. The summed E-state index contributed by atoms with van der Waals surface area (Å²) in [6.07, 6.45) is 0. The summed E-state index contributed by atoms with van der Waals surface area (Å²) in [6.45, 7) is 0. The molecule has 0 radical (unpaired) electrons. The van der Waals surface area contributed by atoms with E-state index in [1.54, 1.807) is 0 Å². The van der Waals surface area contributed by atoms with Crippen molar-refractivity contribution in [2.75, 3.05) is 0 Å². The molecule has 2 N–H and O–H groups in total. The van der Waals surface area contributed by atoms with Crippen LogP contribution in [0.4, 0.5) is 0 Å². The van der Waals surface area contributed by atoms with E-state index in [4.69, 9.17) is 21.9 Å². The van der Waals surface area contributed by atoms with E-state index in [0.29, 0.717) is 0 Å². The van der Waals surface area contributed by atoms with Gasteiger partial charge in [0.15, 0.2) is 0 Å². The minimum Gasteiger partial charge on any atom is -0.423 e. The van der Waals surface area contributed by atoms with Crippen LogP contribution in [0.25, 0.3) is 54.2 Å². The van der Waals surface area contributed by atoms with Crippen LogP contribution in [0.15, 0.2) is 103 Å². The van der Waals surface area contributed by atoms with Crippen molar-refractivity contribution < 1.29 is 33.4 Å². The Bertz CT molecular complexity index is 2440. The SMILES string of the molecule is [2H]c1c([2H])c([2H])c2c(-c3c([2H])c4c([2H])c([2H])c([2H])c([2H])c4c4c([2H])c([2H])c([2H])c([2H])c34)c3c([2H])c([2H])c([2H])c([2H])c3c(B(O)O)c2c1[2H]. The Morgan fingerprint density at radius 2 is 0.968 bits per heavy atom. The second-order valence-electron chi connectivity index (χ2n) is 6.66. The summed E-state index contributed by atoms with van der Waals surface area (Å²) in [6, 6.07) is -14.0. The monoisotopic (exact) mass is 415 g/mol. The molecule has 0 saturated heterocycles. The van der Waals surface area contributed by atoms with Gasteiger partial charge in [-0.1, -0.05) is 96.7 Å². The van der Waals surface area contributed by atoms with Crippen LogP contribution >= 0.6 is 0 Å². The van der Waals surface area contributed by atoms with Gasteiger partial charge in [0.2, 0.25) is 0 Å². The van der Waals surface area contributed by atoms with Crippen molar-refractivity contribution >= 4 is 55.7 Å². The highest BCUT2D eigenvalue weighted by Gasteiger charge is 2.23. The zero-order valence-corrected chi connectivity index (χ0v) is 15.5. The molecule has 0 aliphatic rings. The second-order valence-corrected chi connectivity index (χ2v) is 6.66. The quantitative estimate of drug-likeness (QED) is 0.218. The third-order valence-electron chi connectivity index (χ3n) is 5.05. The van der Waals surface area contributed by atoms with Crippen LogP contribution < -0.4 is 5.46 Å². The van der Waals surface area contributed by atoms with Crippen molar-refractivity contribution in [2.24, 2.45) is 0 Å². The van der Waals surface area contributed by atoms with E-state index < -0.39 is 170 Å². The third-order valence-corrected chi connectivity index (χ3v) is 5.05. The van der Waals surface area contributed by atoms with Gasteiger partial charge in [-0.2, -0.15) is 0 Å². The smallest absolute Gasteiger partial charge is 0.423 e. The maximum absolute atomic E-state index is 10.6. The van der Waals surface area contributed by atoms with Crippen molar-refractivity contribution in [1.29, 1.82) is 0 Å². The van der Waals surface area contributed by atoms with Crippen LogP contribution in [0.5, 0.6) is 0 Å². The van der Waals surface area contributed by atoms with Crippen LogP contribution in [0.1, 0.15) is 23.3 Å². The van der Waals surface area contributed by atoms with E-state index in [0.717, 1.165) is 0 Å². The Morgan fingerprint density at radius 1 is 0.516 bits per heavy atom. The highest BCUT2D eigenvalue weighted by Crippen LogP contribution is 2.41. The zero-order chi connectivity index (χ0) is 35.7. The van der Waals surface area contributed by atoms with Gasteiger partial charge in [0, 0.05) is 0 Å². The van der Waals surface area contributed by atoms with Gasteiger partial charge < -0.3 is 10.0 Å². The molecule has 0 unspecified atom stereocenters. The number of rotatable bonds is 2. The molecule has 6 aromatic carbocycles.